The Morgan fingerprint density at radius 3 is 2.46 bits per heavy atom. The van der Waals surface area contributed by atoms with Crippen molar-refractivity contribution in [1.82, 2.24) is 0 Å². The Kier molecular flexibility index (Phi) is 4.30. The second-order valence-electron chi connectivity index (χ2n) is 6.18. The second kappa shape index (κ2) is 6.40. The summed E-state index contributed by atoms with van der Waals surface area (Å²) in [7, 11) is 2.06. The number of rotatable bonds is 4. The lowest BCUT2D eigenvalue weighted by Crippen LogP contribution is -2.23. The Labute approximate surface area is 145 Å². The number of benzene rings is 2. The van der Waals surface area contributed by atoms with Gasteiger partial charge in [0.15, 0.2) is 0 Å². The van der Waals surface area contributed by atoms with Gasteiger partial charge in [-0.2, -0.15) is 0 Å². The van der Waals surface area contributed by atoms with E-state index in [2.05, 4.69) is 98.5 Å². The molecule has 122 valence electrons. The van der Waals surface area contributed by atoms with Gasteiger partial charge in [-0.05, 0) is 55.3 Å². The number of aryl methyl sites for hydroxylation is 1. The normalized spacial score (nSPS) is 13.0. The molecule has 0 radical (unpaired) electrons. The summed E-state index contributed by atoms with van der Waals surface area (Å²) < 4.78 is 0. The first-order valence-electron chi connectivity index (χ1n) is 8.29. The lowest BCUT2D eigenvalue weighted by atomic mass is 10.0. The Morgan fingerprint density at radius 1 is 1.08 bits per heavy atom. The zero-order chi connectivity index (χ0) is 17.3. The molecule has 2 aromatic rings. The molecule has 0 aliphatic carbocycles. The molecule has 0 amide bonds. The smallest absolute Gasteiger partial charge is 0.0484 e. The highest BCUT2D eigenvalue weighted by molar-refractivity contribution is 5.83. The molecule has 0 N–H and O–H groups in total. The lowest BCUT2D eigenvalue weighted by Gasteiger charge is -2.29. The van der Waals surface area contributed by atoms with Crippen molar-refractivity contribution in [2.75, 3.05) is 23.4 Å². The van der Waals surface area contributed by atoms with Crippen molar-refractivity contribution in [3.63, 3.8) is 0 Å². The van der Waals surface area contributed by atoms with E-state index in [1.165, 1.54) is 16.8 Å². The molecule has 0 saturated heterocycles. The van der Waals surface area contributed by atoms with Gasteiger partial charge in [0.2, 0.25) is 0 Å². The van der Waals surface area contributed by atoms with E-state index >= 15 is 0 Å². The molecule has 0 bridgehead atoms. The van der Waals surface area contributed by atoms with Gasteiger partial charge in [-0.15, -0.1) is 0 Å². The quantitative estimate of drug-likeness (QED) is 0.738. The van der Waals surface area contributed by atoms with Crippen molar-refractivity contribution >= 4 is 23.1 Å². The summed E-state index contributed by atoms with van der Waals surface area (Å²) in [6.07, 6.45) is 4.20. The molecule has 0 saturated carbocycles. The maximum absolute atomic E-state index is 4.30. The molecule has 0 unspecified atom stereocenters. The fraction of sp³-hybridized carbons (Fsp3) is 0.182. The third kappa shape index (κ3) is 2.88. The van der Waals surface area contributed by atoms with Crippen molar-refractivity contribution in [1.29, 1.82) is 0 Å². The summed E-state index contributed by atoms with van der Waals surface area (Å²) in [6.45, 7) is 13.6. The van der Waals surface area contributed by atoms with Gasteiger partial charge in [0, 0.05) is 36.4 Å². The second-order valence-corrected chi connectivity index (χ2v) is 6.18. The van der Waals surface area contributed by atoms with E-state index in [-0.39, 0.29) is 0 Å². The zero-order valence-electron chi connectivity index (χ0n) is 14.7. The standard InChI is InChI=1S/C22H24N2/c1-6-24-17(3)9-10-20-15-19(11-14-22(20)24)18(4)23(5)21-12-7-16(2)8-13-21/h7-15H,3-4,6H2,1-2,5H3. The van der Waals surface area contributed by atoms with Gasteiger partial charge in [0.1, 0.15) is 0 Å². The van der Waals surface area contributed by atoms with E-state index < -0.39 is 0 Å². The molecule has 2 aromatic carbocycles. The summed E-state index contributed by atoms with van der Waals surface area (Å²) in [5.41, 5.74) is 7.97. The van der Waals surface area contributed by atoms with Crippen LogP contribution in [0.15, 0.2) is 67.4 Å². The third-order valence-corrected chi connectivity index (χ3v) is 4.60. The summed E-state index contributed by atoms with van der Waals surface area (Å²) in [5.74, 6) is 0. The Hall–Kier alpha value is -2.74. The predicted molar refractivity (Wildman–Crippen MR) is 106 cm³/mol. The van der Waals surface area contributed by atoms with E-state index in [0.717, 1.165) is 29.2 Å². The van der Waals surface area contributed by atoms with Crippen LogP contribution in [-0.4, -0.2) is 13.6 Å². The highest BCUT2D eigenvalue weighted by atomic mass is 15.1. The fourth-order valence-electron chi connectivity index (χ4n) is 3.04. The van der Waals surface area contributed by atoms with Crippen LogP contribution in [-0.2, 0) is 0 Å². The molecule has 2 nitrogen and oxygen atoms in total. The molecular formula is C22H24N2. The first kappa shape index (κ1) is 16.1. The summed E-state index contributed by atoms with van der Waals surface area (Å²) in [4.78, 5) is 4.36. The van der Waals surface area contributed by atoms with E-state index in [1.807, 2.05) is 0 Å². The average molecular weight is 316 g/mol. The molecule has 0 spiro atoms. The summed E-state index contributed by atoms with van der Waals surface area (Å²) in [6, 6.07) is 15.0. The van der Waals surface area contributed by atoms with Crippen LogP contribution in [0.1, 0.15) is 23.6 Å². The first-order valence-corrected chi connectivity index (χ1v) is 8.29. The van der Waals surface area contributed by atoms with Gasteiger partial charge in [-0.1, -0.05) is 43.0 Å². The number of hydrogen-bond acceptors (Lipinski definition) is 2. The monoisotopic (exact) mass is 316 g/mol. The highest BCUT2D eigenvalue weighted by Crippen LogP contribution is 2.33. The molecule has 3 rings (SSSR count). The molecule has 24 heavy (non-hydrogen) atoms. The lowest BCUT2D eigenvalue weighted by molar-refractivity contribution is 0.975. The van der Waals surface area contributed by atoms with Crippen molar-refractivity contribution in [3.05, 3.63) is 84.1 Å². The maximum Gasteiger partial charge on any atom is 0.0484 e. The highest BCUT2D eigenvalue weighted by Gasteiger charge is 2.16. The van der Waals surface area contributed by atoms with Crippen molar-refractivity contribution in [2.45, 2.75) is 13.8 Å². The number of allylic oxidation sites excluding steroid dienone is 1. The first-order chi connectivity index (χ1) is 11.5. The molecule has 0 aromatic heterocycles. The maximum atomic E-state index is 4.30. The fourth-order valence-corrected chi connectivity index (χ4v) is 3.04. The topological polar surface area (TPSA) is 6.48 Å². The van der Waals surface area contributed by atoms with Crippen molar-refractivity contribution < 1.29 is 0 Å². The van der Waals surface area contributed by atoms with Gasteiger partial charge >= 0.3 is 0 Å². The van der Waals surface area contributed by atoms with Gasteiger partial charge in [-0.25, -0.2) is 0 Å². The number of nitrogens with zero attached hydrogens (tertiary/aromatic N) is 2. The number of hydrogen-bond donors (Lipinski definition) is 0. The SMILES string of the molecule is C=C(c1ccc2c(c1)C=CC(=C)N2CC)N(C)c1ccc(C)cc1. The minimum absolute atomic E-state index is 0.916. The average Bonchev–Trinajstić information content (AvgIpc) is 2.60. The van der Waals surface area contributed by atoms with Gasteiger partial charge < -0.3 is 9.80 Å². The Bertz CT molecular complexity index is 812. The van der Waals surface area contributed by atoms with Gasteiger partial charge in [0.05, 0.1) is 0 Å². The number of likely N-dealkylation sites (N-methyl/N-ethyl adjacent to an activating group) is 1. The summed E-state index contributed by atoms with van der Waals surface area (Å²) in [5, 5.41) is 0. The number of anilines is 2. The van der Waals surface area contributed by atoms with E-state index in [9.17, 15) is 0 Å². The van der Waals surface area contributed by atoms with Gasteiger partial charge in [0.25, 0.3) is 0 Å². The van der Waals surface area contributed by atoms with Gasteiger partial charge in [-0.3, -0.25) is 0 Å². The molecule has 0 fully saturated rings. The zero-order valence-corrected chi connectivity index (χ0v) is 14.7. The molecule has 2 heteroatoms. The minimum Gasteiger partial charge on any atom is -0.345 e. The predicted octanol–water partition coefficient (Wildman–Crippen LogP) is 5.47. The van der Waals surface area contributed by atoms with Crippen LogP contribution in [0.2, 0.25) is 0 Å². The van der Waals surface area contributed by atoms with Crippen LogP contribution in [0.3, 0.4) is 0 Å². The molecule has 0 atom stereocenters. The van der Waals surface area contributed by atoms with Crippen LogP contribution >= 0.6 is 0 Å². The minimum atomic E-state index is 0.916. The summed E-state index contributed by atoms with van der Waals surface area (Å²) >= 11 is 0. The van der Waals surface area contributed by atoms with Crippen LogP contribution in [0.4, 0.5) is 11.4 Å². The molecular weight excluding hydrogens is 292 g/mol. The Balaban J connectivity index is 1.91. The van der Waals surface area contributed by atoms with E-state index in [0.29, 0.717) is 0 Å². The van der Waals surface area contributed by atoms with Crippen molar-refractivity contribution in [3.8, 4) is 0 Å². The molecule has 1 aliphatic rings. The van der Waals surface area contributed by atoms with Crippen molar-refractivity contribution in [2.24, 2.45) is 0 Å². The van der Waals surface area contributed by atoms with Crippen LogP contribution in [0.25, 0.3) is 11.8 Å². The molecule has 1 aliphatic heterocycles. The number of fused-ring (bicyclic) bond motifs is 1. The molecule has 1 heterocycles. The van der Waals surface area contributed by atoms with E-state index in [1.54, 1.807) is 0 Å². The van der Waals surface area contributed by atoms with Crippen LogP contribution in [0.5, 0.6) is 0 Å². The largest absolute Gasteiger partial charge is 0.345 e. The van der Waals surface area contributed by atoms with Crippen LogP contribution < -0.4 is 9.80 Å². The Morgan fingerprint density at radius 2 is 1.79 bits per heavy atom. The van der Waals surface area contributed by atoms with Crippen LogP contribution in [0, 0.1) is 6.92 Å². The third-order valence-electron chi connectivity index (χ3n) is 4.60. The van der Waals surface area contributed by atoms with E-state index in [4.69, 9.17) is 0 Å².